The number of ether oxygens (including phenoxy) is 1. The lowest BCUT2D eigenvalue weighted by atomic mass is 10.1. The fraction of sp³-hybridized carbons (Fsp3) is 0.429. The molecule has 1 unspecified atom stereocenters. The highest BCUT2D eigenvalue weighted by Crippen LogP contribution is 2.21. The third-order valence-corrected chi connectivity index (χ3v) is 5.29. The number of alkyl halides is 2. The van der Waals surface area contributed by atoms with E-state index in [4.69, 9.17) is 0 Å². The summed E-state index contributed by atoms with van der Waals surface area (Å²) < 4.78 is 50.8. The smallest absolute Gasteiger partial charge is 0.387 e. The molecule has 1 saturated heterocycles. The topological polar surface area (TPSA) is 102 Å². The number of halogens is 2. The Bertz CT molecular complexity index is 706. The SMILES string of the molecule is O=C(CC1CCS(=O)(=O)C1)NNC(=O)c1ccc(OC(F)F)cc1. The van der Waals surface area contributed by atoms with Gasteiger partial charge in [-0.2, -0.15) is 8.78 Å². The minimum atomic E-state index is -3.06. The summed E-state index contributed by atoms with van der Waals surface area (Å²) in [5.74, 6) is -1.43. The van der Waals surface area contributed by atoms with Crippen molar-refractivity contribution in [2.75, 3.05) is 11.5 Å². The molecule has 2 N–H and O–H groups in total. The molecule has 0 spiro atoms. The van der Waals surface area contributed by atoms with E-state index < -0.39 is 28.3 Å². The molecule has 1 aliphatic heterocycles. The van der Waals surface area contributed by atoms with Crippen molar-refractivity contribution in [1.82, 2.24) is 10.9 Å². The van der Waals surface area contributed by atoms with Gasteiger partial charge in [0.25, 0.3) is 5.91 Å². The van der Waals surface area contributed by atoms with Gasteiger partial charge in [-0.05, 0) is 36.6 Å². The van der Waals surface area contributed by atoms with Crippen molar-refractivity contribution in [2.45, 2.75) is 19.5 Å². The summed E-state index contributed by atoms with van der Waals surface area (Å²) in [4.78, 5) is 23.5. The number of sulfone groups is 1. The monoisotopic (exact) mass is 362 g/mol. The van der Waals surface area contributed by atoms with Crippen LogP contribution in [-0.2, 0) is 14.6 Å². The molecule has 1 fully saturated rings. The van der Waals surface area contributed by atoms with Crippen LogP contribution in [0.5, 0.6) is 5.75 Å². The number of carbonyl (C=O) groups excluding carboxylic acids is 2. The van der Waals surface area contributed by atoms with E-state index in [-0.39, 0.29) is 35.2 Å². The standard InChI is InChI=1S/C14H16F2N2O5S/c15-14(16)23-11-3-1-10(2-4-11)13(20)18-17-12(19)7-9-5-6-24(21,22)8-9/h1-4,9,14H,5-8H2,(H,17,19)(H,18,20). The summed E-state index contributed by atoms with van der Waals surface area (Å²) >= 11 is 0. The van der Waals surface area contributed by atoms with E-state index >= 15 is 0 Å². The summed E-state index contributed by atoms with van der Waals surface area (Å²) in [6.45, 7) is -2.96. The van der Waals surface area contributed by atoms with Crippen molar-refractivity contribution in [2.24, 2.45) is 5.92 Å². The third-order valence-electron chi connectivity index (χ3n) is 3.46. The molecule has 7 nitrogen and oxygen atoms in total. The van der Waals surface area contributed by atoms with E-state index in [0.29, 0.717) is 6.42 Å². The van der Waals surface area contributed by atoms with E-state index in [9.17, 15) is 26.8 Å². The fourth-order valence-corrected chi connectivity index (χ4v) is 4.19. The second-order valence-corrected chi connectivity index (χ2v) is 7.61. The zero-order valence-corrected chi connectivity index (χ0v) is 13.3. The number of nitrogens with one attached hydrogen (secondary N) is 2. The fourth-order valence-electron chi connectivity index (χ4n) is 2.33. The minimum Gasteiger partial charge on any atom is -0.435 e. The van der Waals surface area contributed by atoms with Crippen LogP contribution < -0.4 is 15.6 Å². The van der Waals surface area contributed by atoms with Crippen molar-refractivity contribution < 1.29 is 31.5 Å². The zero-order chi connectivity index (χ0) is 17.7. The molecule has 2 amide bonds. The van der Waals surface area contributed by atoms with Gasteiger partial charge in [-0.3, -0.25) is 20.4 Å². The Morgan fingerprint density at radius 3 is 2.42 bits per heavy atom. The second-order valence-electron chi connectivity index (χ2n) is 5.38. The average Bonchev–Trinajstić information content (AvgIpc) is 2.83. The van der Waals surface area contributed by atoms with Crippen LogP contribution in [0.3, 0.4) is 0 Å². The van der Waals surface area contributed by atoms with E-state index in [0.717, 1.165) is 0 Å². The number of hydrogen-bond donors (Lipinski definition) is 2. The van der Waals surface area contributed by atoms with Crippen LogP contribution in [0.4, 0.5) is 8.78 Å². The third kappa shape index (κ3) is 5.44. The van der Waals surface area contributed by atoms with E-state index in [1.165, 1.54) is 24.3 Å². The van der Waals surface area contributed by atoms with Gasteiger partial charge in [-0.1, -0.05) is 0 Å². The second kappa shape index (κ2) is 7.56. The van der Waals surface area contributed by atoms with Crippen LogP contribution in [0.2, 0.25) is 0 Å². The van der Waals surface area contributed by atoms with Crippen molar-refractivity contribution in [3.8, 4) is 5.75 Å². The minimum absolute atomic E-state index is 0.000671. The van der Waals surface area contributed by atoms with Gasteiger partial charge in [0.2, 0.25) is 5.91 Å². The molecule has 2 rings (SSSR count). The number of rotatable bonds is 5. The Hall–Kier alpha value is -2.23. The summed E-state index contributed by atoms with van der Waals surface area (Å²) in [5.41, 5.74) is 4.51. The summed E-state index contributed by atoms with van der Waals surface area (Å²) in [6, 6.07) is 4.93. The maximum Gasteiger partial charge on any atom is 0.387 e. The van der Waals surface area contributed by atoms with E-state index in [1.807, 2.05) is 0 Å². The summed E-state index contributed by atoms with van der Waals surface area (Å²) in [5, 5.41) is 0. The molecular weight excluding hydrogens is 346 g/mol. The summed E-state index contributed by atoms with van der Waals surface area (Å²) in [6.07, 6.45) is 0.427. The van der Waals surface area contributed by atoms with Gasteiger partial charge in [-0.25, -0.2) is 8.42 Å². The number of benzene rings is 1. The number of hydrogen-bond acceptors (Lipinski definition) is 5. The van der Waals surface area contributed by atoms with Crippen molar-refractivity contribution in [3.05, 3.63) is 29.8 Å². The first kappa shape index (κ1) is 18.1. The molecule has 1 heterocycles. The normalized spacial score (nSPS) is 19.0. The molecule has 1 atom stereocenters. The molecule has 0 aliphatic carbocycles. The lowest BCUT2D eigenvalue weighted by Crippen LogP contribution is -2.42. The molecule has 1 aromatic carbocycles. The molecular formula is C14H16F2N2O5S. The molecule has 24 heavy (non-hydrogen) atoms. The number of hydrazine groups is 1. The quantitative estimate of drug-likeness (QED) is 0.757. The van der Waals surface area contributed by atoms with Crippen molar-refractivity contribution in [1.29, 1.82) is 0 Å². The lowest BCUT2D eigenvalue weighted by Gasteiger charge is -2.10. The lowest BCUT2D eigenvalue weighted by molar-refractivity contribution is -0.122. The predicted molar refractivity (Wildman–Crippen MR) is 80.1 cm³/mol. The Morgan fingerprint density at radius 1 is 1.21 bits per heavy atom. The zero-order valence-electron chi connectivity index (χ0n) is 12.5. The summed E-state index contributed by atoms with van der Waals surface area (Å²) in [7, 11) is -3.06. The molecule has 0 radical (unpaired) electrons. The van der Waals surface area contributed by atoms with E-state index in [2.05, 4.69) is 15.6 Å². The van der Waals surface area contributed by atoms with Crippen LogP contribution in [0.25, 0.3) is 0 Å². The highest BCUT2D eigenvalue weighted by atomic mass is 32.2. The van der Waals surface area contributed by atoms with Gasteiger partial charge >= 0.3 is 6.61 Å². The van der Waals surface area contributed by atoms with E-state index in [1.54, 1.807) is 0 Å². The van der Waals surface area contributed by atoms with Crippen LogP contribution in [0.1, 0.15) is 23.2 Å². The predicted octanol–water partition coefficient (Wildman–Crippen LogP) is 0.874. The van der Waals surface area contributed by atoms with Gasteiger partial charge in [0.05, 0.1) is 11.5 Å². The van der Waals surface area contributed by atoms with Gasteiger partial charge < -0.3 is 4.74 Å². The van der Waals surface area contributed by atoms with Crippen LogP contribution in [0, 0.1) is 5.92 Å². The Morgan fingerprint density at radius 2 is 1.88 bits per heavy atom. The molecule has 0 bridgehead atoms. The first-order chi connectivity index (χ1) is 11.2. The molecule has 1 aliphatic rings. The highest BCUT2D eigenvalue weighted by molar-refractivity contribution is 7.91. The van der Waals surface area contributed by atoms with Gasteiger partial charge in [0.15, 0.2) is 9.84 Å². The number of amides is 2. The average molecular weight is 362 g/mol. The molecule has 132 valence electrons. The Balaban J connectivity index is 1.79. The molecule has 0 saturated carbocycles. The van der Waals surface area contributed by atoms with Crippen molar-refractivity contribution >= 4 is 21.7 Å². The Kier molecular flexibility index (Phi) is 5.71. The molecule has 0 aromatic heterocycles. The van der Waals surface area contributed by atoms with Crippen molar-refractivity contribution in [3.63, 3.8) is 0 Å². The Labute approximate surface area is 137 Å². The molecule has 1 aromatic rings. The maximum atomic E-state index is 12.0. The van der Waals surface area contributed by atoms with Crippen LogP contribution >= 0.6 is 0 Å². The first-order valence-electron chi connectivity index (χ1n) is 7.09. The van der Waals surface area contributed by atoms with Crippen LogP contribution in [0.15, 0.2) is 24.3 Å². The van der Waals surface area contributed by atoms with Gasteiger partial charge in [0, 0.05) is 12.0 Å². The van der Waals surface area contributed by atoms with Gasteiger partial charge in [-0.15, -0.1) is 0 Å². The molecule has 10 heteroatoms. The van der Waals surface area contributed by atoms with Crippen LogP contribution in [-0.4, -0.2) is 38.3 Å². The number of carbonyl (C=O) groups is 2. The largest absolute Gasteiger partial charge is 0.435 e. The maximum absolute atomic E-state index is 12.0. The highest BCUT2D eigenvalue weighted by Gasteiger charge is 2.29. The first-order valence-corrected chi connectivity index (χ1v) is 8.92. The van der Waals surface area contributed by atoms with Gasteiger partial charge in [0.1, 0.15) is 5.75 Å².